The maximum Gasteiger partial charge on any atom is 0.326 e. The first-order chi connectivity index (χ1) is 24.6. The Balaban J connectivity index is 5.26. The molecule has 2 atom stereocenters. The molecule has 0 radical (unpaired) electrons. The number of hydrogen-bond acceptors (Lipinski definition) is 14. The van der Waals surface area contributed by atoms with Crippen molar-refractivity contribution in [2.75, 3.05) is 73.0 Å². The lowest BCUT2D eigenvalue weighted by Crippen LogP contribution is -2.42. The van der Waals surface area contributed by atoms with E-state index in [9.17, 15) is 28.8 Å². The van der Waals surface area contributed by atoms with Crippen LogP contribution in [-0.4, -0.2) is 131 Å². The van der Waals surface area contributed by atoms with Crippen LogP contribution in [0.5, 0.6) is 0 Å². The average Bonchev–Trinajstić information content (AvgIpc) is 3.09. The number of thioether (sulfide) groups is 1. The lowest BCUT2D eigenvalue weighted by atomic mass is 10.1. The largest absolute Gasteiger partial charge is 0.464 e. The molecule has 15 heteroatoms. The van der Waals surface area contributed by atoms with Crippen LogP contribution >= 0.6 is 11.8 Å². The number of ether oxygens (including phenoxy) is 6. The summed E-state index contributed by atoms with van der Waals surface area (Å²) in [6.45, 7) is 2.97. The van der Waals surface area contributed by atoms with Gasteiger partial charge in [-0.05, 0) is 39.9 Å². The minimum absolute atomic E-state index is 0.0543. The predicted octanol–water partition coefficient (Wildman–Crippen LogP) is 5.32. The van der Waals surface area contributed by atoms with E-state index in [0.717, 1.165) is 81.0 Å². The van der Waals surface area contributed by atoms with Crippen molar-refractivity contribution in [2.24, 2.45) is 0 Å². The average molecular weight is 749 g/mol. The van der Waals surface area contributed by atoms with Crippen molar-refractivity contribution in [1.82, 2.24) is 9.80 Å². The van der Waals surface area contributed by atoms with E-state index in [4.69, 9.17) is 28.4 Å². The van der Waals surface area contributed by atoms with Crippen LogP contribution in [0.25, 0.3) is 0 Å². The van der Waals surface area contributed by atoms with Crippen LogP contribution in [0.1, 0.15) is 110 Å². The number of amides is 1. The van der Waals surface area contributed by atoms with Crippen molar-refractivity contribution in [3.8, 4) is 0 Å². The van der Waals surface area contributed by atoms with E-state index in [1.54, 1.807) is 0 Å². The highest BCUT2D eigenvalue weighted by molar-refractivity contribution is 8.13. The molecule has 1 amide bonds. The second kappa shape index (κ2) is 33.0. The van der Waals surface area contributed by atoms with Crippen LogP contribution < -0.4 is 0 Å². The Hall–Kier alpha value is -2.91. The van der Waals surface area contributed by atoms with Crippen LogP contribution in [0.3, 0.4) is 0 Å². The number of methoxy groups -OCH3 is 1. The number of nitrogens with zero attached hydrogens (tertiary/aromatic N) is 2. The molecule has 0 saturated heterocycles. The number of esters is 4. The number of unbranched alkanes of at least 4 members (excludes halogenated alkanes) is 10. The normalized spacial score (nSPS) is 12.1. The van der Waals surface area contributed by atoms with Crippen LogP contribution in [0.15, 0.2) is 0 Å². The van der Waals surface area contributed by atoms with E-state index in [1.165, 1.54) is 13.5 Å². The topological polar surface area (TPSA) is 164 Å². The molecule has 14 nitrogen and oxygen atoms in total. The zero-order chi connectivity index (χ0) is 38.1. The zero-order valence-corrected chi connectivity index (χ0v) is 32.5. The summed E-state index contributed by atoms with van der Waals surface area (Å²) >= 11 is 0.938. The van der Waals surface area contributed by atoms with Gasteiger partial charge in [-0.3, -0.25) is 28.8 Å². The molecule has 0 aromatic heterocycles. The number of rotatable bonds is 33. The number of hydrogen-bond donors (Lipinski definition) is 0. The fraction of sp³-hybridized carbons (Fsp3) is 0.833. The summed E-state index contributed by atoms with van der Waals surface area (Å²) in [7, 11) is 5.22. The minimum atomic E-state index is -1.12. The second-order valence-electron chi connectivity index (χ2n) is 12.6. The maximum atomic E-state index is 13.2. The van der Waals surface area contributed by atoms with E-state index in [0.29, 0.717) is 25.0 Å². The Morgan fingerprint density at radius 2 is 1.10 bits per heavy atom. The molecule has 0 N–H and O–H groups in total. The summed E-state index contributed by atoms with van der Waals surface area (Å²) in [5, 5.41) is -0.553. The van der Waals surface area contributed by atoms with Crippen molar-refractivity contribution >= 4 is 47.4 Å². The van der Waals surface area contributed by atoms with Gasteiger partial charge in [0.05, 0.1) is 6.61 Å². The van der Waals surface area contributed by atoms with Gasteiger partial charge in [0.15, 0.2) is 12.2 Å². The van der Waals surface area contributed by atoms with Gasteiger partial charge in [-0.15, -0.1) is 0 Å². The summed E-state index contributed by atoms with van der Waals surface area (Å²) in [6, 6.07) is 0. The van der Waals surface area contributed by atoms with Gasteiger partial charge in [0, 0.05) is 25.7 Å². The third kappa shape index (κ3) is 29.4. The first kappa shape index (κ1) is 48.1. The summed E-state index contributed by atoms with van der Waals surface area (Å²) in [5.41, 5.74) is 0. The van der Waals surface area contributed by atoms with E-state index >= 15 is 0 Å². The van der Waals surface area contributed by atoms with E-state index in [1.807, 2.05) is 19.0 Å². The summed E-state index contributed by atoms with van der Waals surface area (Å²) < 4.78 is 31.3. The Labute approximate surface area is 309 Å². The molecule has 0 spiro atoms. The first-order valence-electron chi connectivity index (χ1n) is 18.4. The van der Waals surface area contributed by atoms with Crippen LogP contribution in [0.4, 0.5) is 4.79 Å². The first-order valence-corrected chi connectivity index (χ1v) is 19.3. The Bertz CT molecular complexity index is 968. The van der Waals surface area contributed by atoms with Crippen molar-refractivity contribution in [2.45, 2.75) is 122 Å². The van der Waals surface area contributed by atoms with Gasteiger partial charge in [-0.2, -0.15) is 0 Å². The van der Waals surface area contributed by atoms with Gasteiger partial charge in [0.1, 0.15) is 32.9 Å². The molecule has 51 heavy (non-hydrogen) atoms. The van der Waals surface area contributed by atoms with Gasteiger partial charge in [-0.25, -0.2) is 0 Å². The van der Waals surface area contributed by atoms with Gasteiger partial charge < -0.3 is 38.2 Å². The van der Waals surface area contributed by atoms with Crippen molar-refractivity contribution < 1.29 is 57.2 Å². The maximum absolute atomic E-state index is 13.2. The lowest BCUT2D eigenvalue weighted by Gasteiger charge is -2.24. The smallest absolute Gasteiger partial charge is 0.326 e. The third-order valence-corrected chi connectivity index (χ3v) is 8.50. The molecular weight excluding hydrogens is 684 g/mol. The minimum Gasteiger partial charge on any atom is -0.464 e. The number of carbonyl (C=O) groups is 6. The van der Waals surface area contributed by atoms with E-state index in [-0.39, 0.29) is 45.7 Å². The van der Waals surface area contributed by atoms with Crippen LogP contribution in [0, 0.1) is 0 Å². The SMILES string of the molecule is CCCCCCCCC(=O)OCC(COC)OC(=O)CN(CC(=O)OC(COC=O)COC(=O)CCCCCCCC)C(=O)SCCCN(C)C. The quantitative estimate of drug-likeness (QED) is 0.0366. The fourth-order valence-corrected chi connectivity index (χ4v) is 5.51. The molecule has 0 aromatic carbocycles. The van der Waals surface area contributed by atoms with E-state index < -0.39 is 54.4 Å². The summed E-state index contributed by atoms with van der Waals surface area (Å²) in [5.74, 6) is -2.19. The molecular formula is C36H64N2O12S. The zero-order valence-electron chi connectivity index (χ0n) is 31.7. The molecule has 0 aliphatic heterocycles. The third-order valence-electron chi connectivity index (χ3n) is 7.50. The highest BCUT2D eigenvalue weighted by atomic mass is 32.2. The molecule has 0 aliphatic carbocycles. The van der Waals surface area contributed by atoms with Gasteiger partial charge in [0.2, 0.25) is 0 Å². The van der Waals surface area contributed by atoms with Crippen molar-refractivity contribution in [1.29, 1.82) is 0 Å². The van der Waals surface area contributed by atoms with Crippen molar-refractivity contribution in [3.63, 3.8) is 0 Å². The predicted molar refractivity (Wildman–Crippen MR) is 194 cm³/mol. The Morgan fingerprint density at radius 3 is 1.55 bits per heavy atom. The summed E-state index contributed by atoms with van der Waals surface area (Å²) in [4.78, 5) is 77.4. The lowest BCUT2D eigenvalue weighted by molar-refractivity contribution is -0.166. The Morgan fingerprint density at radius 1 is 0.627 bits per heavy atom. The summed E-state index contributed by atoms with van der Waals surface area (Å²) in [6.07, 6.45) is 11.2. The van der Waals surface area contributed by atoms with Crippen LogP contribution in [-0.2, 0) is 52.4 Å². The van der Waals surface area contributed by atoms with Gasteiger partial charge >= 0.3 is 23.9 Å². The second-order valence-corrected chi connectivity index (χ2v) is 13.7. The van der Waals surface area contributed by atoms with E-state index in [2.05, 4.69) is 13.8 Å². The molecule has 296 valence electrons. The molecule has 2 unspecified atom stereocenters. The van der Waals surface area contributed by atoms with Gasteiger partial charge in [-0.1, -0.05) is 89.8 Å². The molecule has 0 aliphatic rings. The Kier molecular flexibility index (Phi) is 31.1. The number of carbonyl (C=O) groups excluding carboxylic acids is 6. The highest BCUT2D eigenvalue weighted by Gasteiger charge is 2.27. The molecule has 0 saturated carbocycles. The molecule has 0 fully saturated rings. The molecule has 0 rings (SSSR count). The standard InChI is InChI=1S/C36H64N2O12S/c1-6-8-10-12-14-16-19-32(40)47-27-30(25-45-5)49-34(42)23-38(36(44)51-22-18-21-37(3)4)24-35(43)50-31(26-46-29-39)28-48-33(41)20-17-15-13-11-9-7-2/h29-31H,6-28H2,1-5H3. The molecule has 0 aromatic rings. The van der Waals surface area contributed by atoms with Crippen molar-refractivity contribution in [3.05, 3.63) is 0 Å². The monoisotopic (exact) mass is 748 g/mol. The highest BCUT2D eigenvalue weighted by Crippen LogP contribution is 2.13. The van der Waals surface area contributed by atoms with Gasteiger partial charge in [0.25, 0.3) is 11.7 Å². The molecule has 0 heterocycles. The fourth-order valence-electron chi connectivity index (χ4n) is 4.75. The van der Waals surface area contributed by atoms with Crippen LogP contribution in [0.2, 0.25) is 0 Å². The molecule has 0 bridgehead atoms.